The van der Waals surface area contributed by atoms with Crippen molar-refractivity contribution in [1.29, 1.82) is 0 Å². The molecule has 2 unspecified atom stereocenters. The highest BCUT2D eigenvalue weighted by Gasteiger charge is 2.21. The van der Waals surface area contributed by atoms with Gasteiger partial charge in [0.1, 0.15) is 0 Å². The van der Waals surface area contributed by atoms with Crippen molar-refractivity contribution in [3.05, 3.63) is 35.4 Å². The quantitative estimate of drug-likeness (QED) is 0.800. The first-order valence-electron chi connectivity index (χ1n) is 7.60. The Morgan fingerprint density at radius 2 is 2.16 bits per heavy atom. The number of hydrogen-bond donors (Lipinski definition) is 1. The molecule has 0 amide bonds. The number of methoxy groups -OCH3 is 1. The van der Waals surface area contributed by atoms with Crippen molar-refractivity contribution in [3.8, 4) is 0 Å². The molecule has 1 fully saturated rings. The van der Waals surface area contributed by atoms with Crippen molar-refractivity contribution in [3.63, 3.8) is 0 Å². The first-order valence-corrected chi connectivity index (χ1v) is 7.60. The van der Waals surface area contributed by atoms with Gasteiger partial charge in [0.25, 0.3) is 0 Å². The van der Waals surface area contributed by atoms with Crippen LogP contribution in [0.2, 0.25) is 0 Å². The van der Waals surface area contributed by atoms with Gasteiger partial charge in [-0.1, -0.05) is 37.6 Å². The standard InChI is InChI=1S/C17H27NO/c1-4-18-17(11-13(2)19-3)16-10-6-9-15(12-16)14-7-5-8-14/h6,9-10,12-14,17-18H,4-5,7-8,11H2,1-3H3. The summed E-state index contributed by atoms with van der Waals surface area (Å²) in [6.07, 6.45) is 5.44. The molecular weight excluding hydrogens is 234 g/mol. The minimum atomic E-state index is 0.288. The number of ether oxygens (including phenoxy) is 1. The molecule has 1 N–H and O–H groups in total. The Morgan fingerprint density at radius 1 is 1.37 bits per heavy atom. The van der Waals surface area contributed by atoms with E-state index in [4.69, 9.17) is 4.74 Å². The van der Waals surface area contributed by atoms with E-state index in [-0.39, 0.29) is 6.10 Å². The molecule has 0 aromatic heterocycles. The summed E-state index contributed by atoms with van der Waals surface area (Å²) in [5.74, 6) is 0.807. The van der Waals surface area contributed by atoms with E-state index in [1.165, 1.54) is 30.4 Å². The van der Waals surface area contributed by atoms with Crippen LogP contribution < -0.4 is 5.32 Å². The van der Waals surface area contributed by atoms with Gasteiger partial charge in [0.05, 0.1) is 6.10 Å². The second-order valence-corrected chi connectivity index (χ2v) is 5.69. The van der Waals surface area contributed by atoms with E-state index >= 15 is 0 Å². The first kappa shape index (κ1) is 14.5. The Balaban J connectivity index is 2.10. The van der Waals surface area contributed by atoms with E-state index < -0.39 is 0 Å². The minimum Gasteiger partial charge on any atom is -0.382 e. The Hall–Kier alpha value is -0.860. The van der Waals surface area contributed by atoms with Gasteiger partial charge in [-0.2, -0.15) is 0 Å². The average Bonchev–Trinajstić information content (AvgIpc) is 2.36. The number of hydrogen-bond acceptors (Lipinski definition) is 2. The summed E-state index contributed by atoms with van der Waals surface area (Å²) in [5, 5.41) is 3.59. The van der Waals surface area contributed by atoms with Gasteiger partial charge >= 0.3 is 0 Å². The highest BCUT2D eigenvalue weighted by molar-refractivity contribution is 5.29. The van der Waals surface area contributed by atoms with Crippen LogP contribution >= 0.6 is 0 Å². The Morgan fingerprint density at radius 3 is 2.74 bits per heavy atom. The molecule has 2 rings (SSSR count). The lowest BCUT2D eigenvalue weighted by atomic mass is 9.79. The lowest BCUT2D eigenvalue weighted by molar-refractivity contribution is 0.101. The van der Waals surface area contributed by atoms with Crippen LogP contribution in [0.5, 0.6) is 0 Å². The molecule has 1 aromatic rings. The third-order valence-electron chi connectivity index (χ3n) is 4.31. The molecule has 106 valence electrons. The van der Waals surface area contributed by atoms with E-state index in [0.717, 1.165) is 18.9 Å². The zero-order valence-corrected chi connectivity index (χ0v) is 12.5. The zero-order valence-electron chi connectivity index (χ0n) is 12.5. The summed E-state index contributed by atoms with van der Waals surface area (Å²) in [5.41, 5.74) is 2.94. The third kappa shape index (κ3) is 3.80. The van der Waals surface area contributed by atoms with Gasteiger partial charge in [0, 0.05) is 13.2 Å². The van der Waals surface area contributed by atoms with Gasteiger partial charge in [-0.15, -0.1) is 0 Å². The molecular formula is C17H27NO. The maximum absolute atomic E-state index is 5.42. The molecule has 0 bridgehead atoms. The predicted octanol–water partition coefficient (Wildman–Crippen LogP) is 4.03. The summed E-state index contributed by atoms with van der Waals surface area (Å²) in [6, 6.07) is 9.55. The number of nitrogens with one attached hydrogen (secondary N) is 1. The van der Waals surface area contributed by atoms with Crippen molar-refractivity contribution in [1.82, 2.24) is 5.32 Å². The monoisotopic (exact) mass is 261 g/mol. The van der Waals surface area contributed by atoms with E-state index in [1.54, 1.807) is 7.11 Å². The predicted molar refractivity (Wildman–Crippen MR) is 80.5 cm³/mol. The number of benzene rings is 1. The molecule has 0 saturated heterocycles. The van der Waals surface area contributed by atoms with Crippen LogP contribution in [-0.4, -0.2) is 19.8 Å². The summed E-state index contributed by atoms with van der Waals surface area (Å²) in [6.45, 7) is 5.30. The second kappa shape index (κ2) is 7.06. The molecule has 0 radical (unpaired) electrons. The van der Waals surface area contributed by atoms with E-state index in [2.05, 4.69) is 43.4 Å². The molecule has 19 heavy (non-hydrogen) atoms. The van der Waals surface area contributed by atoms with Gasteiger partial charge in [-0.3, -0.25) is 0 Å². The molecule has 1 aliphatic rings. The van der Waals surface area contributed by atoms with E-state index in [1.807, 2.05) is 0 Å². The van der Waals surface area contributed by atoms with Gasteiger partial charge in [0.2, 0.25) is 0 Å². The van der Waals surface area contributed by atoms with Gasteiger partial charge in [-0.05, 0) is 49.8 Å². The van der Waals surface area contributed by atoms with Gasteiger partial charge < -0.3 is 10.1 Å². The normalized spacial score (nSPS) is 18.9. The van der Waals surface area contributed by atoms with Crippen LogP contribution in [0.1, 0.15) is 62.6 Å². The van der Waals surface area contributed by atoms with Crippen molar-refractivity contribution >= 4 is 0 Å². The molecule has 0 spiro atoms. The highest BCUT2D eigenvalue weighted by atomic mass is 16.5. The maximum atomic E-state index is 5.42. The van der Waals surface area contributed by atoms with Crippen molar-refractivity contribution in [2.45, 2.75) is 57.6 Å². The lowest BCUT2D eigenvalue weighted by Gasteiger charge is -2.28. The molecule has 0 aliphatic heterocycles. The number of rotatable bonds is 7. The SMILES string of the molecule is CCNC(CC(C)OC)c1cccc(C2CCC2)c1. The lowest BCUT2D eigenvalue weighted by Crippen LogP contribution is -2.25. The van der Waals surface area contributed by atoms with Crippen LogP contribution in [0.25, 0.3) is 0 Å². The van der Waals surface area contributed by atoms with Gasteiger partial charge in [0.15, 0.2) is 0 Å². The van der Waals surface area contributed by atoms with Crippen LogP contribution in [0.15, 0.2) is 24.3 Å². The smallest absolute Gasteiger partial charge is 0.0561 e. The molecule has 0 heterocycles. The molecule has 1 aromatic carbocycles. The van der Waals surface area contributed by atoms with Crippen molar-refractivity contribution in [2.24, 2.45) is 0 Å². The van der Waals surface area contributed by atoms with E-state index in [9.17, 15) is 0 Å². The fourth-order valence-electron chi connectivity index (χ4n) is 2.78. The summed E-state index contributed by atoms with van der Waals surface area (Å²) < 4.78 is 5.42. The molecule has 2 atom stereocenters. The molecule has 2 nitrogen and oxygen atoms in total. The molecule has 1 aliphatic carbocycles. The molecule has 2 heteroatoms. The van der Waals surface area contributed by atoms with Crippen LogP contribution in [0, 0.1) is 0 Å². The molecule has 1 saturated carbocycles. The van der Waals surface area contributed by atoms with E-state index in [0.29, 0.717) is 6.04 Å². The maximum Gasteiger partial charge on any atom is 0.0561 e. The summed E-state index contributed by atoms with van der Waals surface area (Å²) in [7, 11) is 1.79. The Bertz CT molecular complexity index is 387. The van der Waals surface area contributed by atoms with Gasteiger partial charge in [-0.25, -0.2) is 0 Å². The minimum absolute atomic E-state index is 0.288. The second-order valence-electron chi connectivity index (χ2n) is 5.69. The fraction of sp³-hybridized carbons (Fsp3) is 0.647. The third-order valence-corrected chi connectivity index (χ3v) is 4.31. The Labute approximate surface area is 117 Å². The summed E-state index contributed by atoms with van der Waals surface area (Å²) >= 11 is 0. The van der Waals surface area contributed by atoms with Crippen LogP contribution in [0.3, 0.4) is 0 Å². The van der Waals surface area contributed by atoms with Crippen molar-refractivity contribution in [2.75, 3.05) is 13.7 Å². The topological polar surface area (TPSA) is 21.3 Å². The average molecular weight is 261 g/mol. The Kier molecular flexibility index (Phi) is 5.41. The largest absolute Gasteiger partial charge is 0.382 e. The summed E-state index contributed by atoms with van der Waals surface area (Å²) in [4.78, 5) is 0. The fourth-order valence-corrected chi connectivity index (χ4v) is 2.78. The highest BCUT2D eigenvalue weighted by Crippen LogP contribution is 2.37. The van der Waals surface area contributed by atoms with Crippen LogP contribution in [0.4, 0.5) is 0 Å². The van der Waals surface area contributed by atoms with Crippen LogP contribution in [-0.2, 0) is 4.74 Å². The first-order chi connectivity index (χ1) is 9.24. The van der Waals surface area contributed by atoms with Crippen molar-refractivity contribution < 1.29 is 4.74 Å². The zero-order chi connectivity index (χ0) is 13.7.